The minimum absolute atomic E-state index is 0.161. The molecule has 1 aliphatic heterocycles. The second kappa shape index (κ2) is 5.08. The number of nitrogens with zero attached hydrogens (tertiary/aromatic N) is 1. The summed E-state index contributed by atoms with van der Waals surface area (Å²) in [6.07, 6.45) is 0. The summed E-state index contributed by atoms with van der Waals surface area (Å²) in [5.41, 5.74) is -1.03. The number of nitrogens with one attached hydrogen (secondary N) is 1. The lowest BCUT2D eigenvalue weighted by Gasteiger charge is -2.37. The maximum absolute atomic E-state index is 13.4. The standard InChI is InChI=1S/C11H13FN2O5S/c1-11(6-19-7-11)5-13-20(17,18)8-2-3-10(14(15)16)9(12)4-8/h2-4,13H,5-7H2,1H3. The van der Waals surface area contributed by atoms with Gasteiger partial charge in [-0.1, -0.05) is 6.92 Å². The largest absolute Gasteiger partial charge is 0.380 e. The van der Waals surface area contributed by atoms with Crippen molar-refractivity contribution in [2.75, 3.05) is 19.8 Å². The van der Waals surface area contributed by atoms with E-state index >= 15 is 0 Å². The van der Waals surface area contributed by atoms with E-state index in [1.165, 1.54) is 0 Å². The number of ether oxygens (including phenoxy) is 1. The number of halogens is 1. The van der Waals surface area contributed by atoms with E-state index in [4.69, 9.17) is 4.74 Å². The molecule has 1 N–H and O–H groups in total. The van der Waals surface area contributed by atoms with Gasteiger partial charge in [-0.05, 0) is 6.07 Å². The molecule has 1 aromatic rings. The van der Waals surface area contributed by atoms with Crippen molar-refractivity contribution >= 4 is 15.7 Å². The van der Waals surface area contributed by atoms with Crippen LogP contribution in [-0.4, -0.2) is 33.1 Å². The van der Waals surface area contributed by atoms with E-state index in [-0.39, 0.29) is 16.9 Å². The Labute approximate surface area is 114 Å². The Bertz CT molecular complexity index is 642. The van der Waals surface area contributed by atoms with Crippen molar-refractivity contribution in [3.8, 4) is 0 Å². The molecular formula is C11H13FN2O5S. The number of rotatable bonds is 5. The van der Waals surface area contributed by atoms with Gasteiger partial charge < -0.3 is 4.74 Å². The van der Waals surface area contributed by atoms with E-state index in [1.807, 2.05) is 6.92 Å². The van der Waals surface area contributed by atoms with Crippen LogP contribution in [-0.2, 0) is 14.8 Å². The fraction of sp³-hybridized carbons (Fsp3) is 0.455. The van der Waals surface area contributed by atoms with Crippen LogP contribution in [0.15, 0.2) is 23.1 Å². The average molecular weight is 304 g/mol. The molecule has 1 saturated heterocycles. The van der Waals surface area contributed by atoms with Crippen LogP contribution in [0.1, 0.15) is 6.92 Å². The number of hydrogen-bond acceptors (Lipinski definition) is 5. The van der Waals surface area contributed by atoms with Crippen LogP contribution < -0.4 is 4.72 Å². The molecular weight excluding hydrogens is 291 g/mol. The van der Waals surface area contributed by atoms with Crippen molar-refractivity contribution in [1.29, 1.82) is 0 Å². The minimum Gasteiger partial charge on any atom is -0.380 e. The first-order chi connectivity index (χ1) is 9.23. The Kier molecular flexibility index (Phi) is 3.76. The highest BCUT2D eigenvalue weighted by molar-refractivity contribution is 7.89. The molecule has 0 amide bonds. The van der Waals surface area contributed by atoms with Crippen LogP contribution >= 0.6 is 0 Å². The van der Waals surface area contributed by atoms with E-state index in [2.05, 4.69) is 4.72 Å². The Morgan fingerprint density at radius 1 is 1.50 bits per heavy atom. The van der Waals surface area contributed by atoms with Crippen LogP contribution in [0.5, 0.6) is 0 Å². The zero-order valence-electron chi connectivity index (χ0n) is 10.6. The summed E-state index contributed by atoms with van der Waals surface area (Å²) < 4.78 is 44.7. The first-order valence-electron chi connectivity index (χ1n) is 5.75. The number of nitro benzene ring substituents is 1. The Morgan fingerprint density at radius 2 is 2.15 bits per heavy atom. The molecule has 2 rings (SSSR count). The molecule has 1 fully saturated rings. The van der Waals surface area contributed by atoms with Crippen molar-refractivity contribution in [3.05, 3.63) is 34.1 Å². The first kappa shape index (κ1) is 14.8. The lowest BCUT2D eigenvalue weighted by atomic mass is 9.89. The van der Waals surface area contributed by atoms with Gasteiger partial charge in [-0.15, -0.1) is 0 Å². The predicted octanol–water partition coefficient (Wildman–Crippen LogP) is 1.05. The molecule has 20 heavy (non-hydrogen) atoms. The van der Waals surface area contributed by atoms with Gasteiger partial charge in [-0.25, -0.2) is 13.1 Å². The van der Waals surface area contributed by atoms with Crippen LogP contribution in [0, 0.1) is 21.3 Å². The average Bonchev–Trinajstić information content (AvgIpc) is 2.33. The molecule has 0 saturated carbocycles. The molecule has 0 aromatic heterocycles. The molecule has 0 unspecified atom stereocenters. The third kappa shape index (κ3) is 2.94. The van der Waals surface area contributed by atoms with Gasteiger partial charge in [0.05, 0.1) is 23.0 Å². The summed E-state index contributed by atoms with van der Waals surface area (Å²) >= 11 is 0. The summed E-state index contributed by atoms with van der Waals surface area (Å²) in [6, 6.07) is 2.47. The van der Waals surface area contributed by atoms with Crippen molar-refractivity contribution in [2.45, 2.75) is 11.8 Å². The van der Waals surface area contributed by atoms with Gasteiger partial charge in [-0.3, -0.25) is 10.1 Å². The van der Waals surface area contributed by atoms with Crippen LogP contribution in [0.25, 0.3) is 0 Å². The normalized spacial score (nSPS) is 17.5. The molecule has 0 atom stereocenters. The number of hydrogen-bond donors (Lipinski definition) is 1. The molecule has 1 aromatic carbocycles. The van der Waals surface area contributed by atoms with E-state index in [0.717, 1.165) is 12.1 Å². The van der Waals surface area contributed by atoms with Crippen molar-refractivity contribution in [2.24, 2.45) is 5.41 Å². The summed E-state index contributed by atoms with van der Waals surface area (Å²) in [5, 5.41) is 10.5. The highest BCUT2D eigenvalue weighted by Crippen LogP contribution is 2.26. The lowest BCUT2D eigenvalue weighted by molar-refractivity contribution is -0.387. The quantitative estimate of drug-likeness (QED) is 0.647. The molecule has 1 heterocycles. The maximum Gasteiger partial charge on any atom is 0.304 e. The molecule has 110 valence electrons. The van der Waals surface area contributed by atoms with E-state index < -0.39 is 26.5 Å². The fourth-order valence-electron chi connectivity index (χ4n) is 1.71. The molecule has 0 aliphatic carbocycles. The Balaban J connectivity index is 2.17. The molecule has 0 bridgehead atoms. The van der Waals surface area contributed by atoms with Crippen LogP contribution in [0.3, 0.4) is 0 Å². The number of nitro groups is 1. The zero-order chi connectivity index (χ0) is 15.0. The van der Waals surface area contributed by atoms with Gasteiger partial charge in [0.25, 0.3) is 0 Å². The second-order valence-electron chi connectivity index (χ2n) is 5.00. The van der Waals surface area contributed by atoms with Crippen molar-refractivity contribution in [1.82, 2.24) is 4.72 Å². The summed E-state index contributed by atoms with van der Waals surface area (Å²) in [5.74, 6) is -1.18. The van der Waals surface area contributed by atoms with Gasteiger partial charge in [0.15, 0.2) is 0 Å². The summed E-state index contributed by atoms with van der Waals surface area (Å²) in [6.45, 7) is 2.91. The maximum atomic E-state index is 13.4. The second-order valence-corrected chi connectivity index (χ2v) is 6.77. The predicted molar refractivity (Wildman–Crippen MR) is 67.2 cm³/mol. The first-order valence-corrected chi connectivity index (χ1v) is 7.23. The SMILES string of the molecule is CC1(CNS(=O)(=O)c2ccc([N+](=O)[O-])c(F)c2)COC1. The van der Waals surface area contributed by atoms with E-state index in [0.29, 0.717) is 19.3 Å². The van der Waals surface area contributed by atoms with Crippen LogP contribution in [0.2, 0.25) is 0 Å². The third-order valence-corrected chi connectivity index (χ3v) is 4.42. The highest BCUT2D eigenvalue weighted by atomic mass is 32.2. The summed E-state index contributed by atoms with van der Waals surface area (Å²) in [7, 11) is -3.90. The minimum atomic E-state index is -3.90. The fourth-order valence-corrected chi connectivity index (χ4v) is 2.92. The van der Waals surface area contributed by atoms with Gasteiger partial charge in [0, 0.05) is 24.1 Å². The summed E-state index contributed by atoms with van der Waals surface area (Å²) in [4.78, 5) is 9.22. The number of sulfonamides is 1. The lowest BCUT2D eigenvalue weighted by Crippen LogP contribution is -2.48. The Hall–Kier alpha value is -1.58. The van der Waals surface area contributed by atoms with Gasteiger partial charge >= 0.3 is 5.69 Å². The third-order valence-electron chi connectivity index (χ3n) is 3.02. The van der Waals surface area contributed by atoms with Crippen molar-refractivity contribution in [3.63, 3.8) is 0 Å². The van der Waals surface area contributed by atoms with Gasteiger partial charge in [0.1, 0.15) is 0 Å². The molecule has 9 heteroatoms. The zero-order valence-corrected chi connectivity index (χ0v) is 11.4. The molecule has 1 aliphatic rings. The molecule has 7 nitrogen and oxygen atoms in total. The number of benzene rings is 1. The molecule has 0 radical (unpaired) electrons. The topological polar surface area (TPSA) is 98.5 Å². The Morgan fingerprint density at radius 3 is 2.60 bits per heavy atom. The van der Waals surface area contributed by atoms with Crippen LogP contribution in [0.4, 0.5) is 10.1 Å². The monoisotopic (exact) mass is 304 g/mol. The van der Waals surface area contributed by atoms with Crippen molar-refractivity contribution < 1.29 is 22.5 Å². The van der Waals surface area contributed by atoms with Gasteiger partial charge in [0.2, 0.25) is 15.8 Å². The van der Waals surface area contributed by atoms with E-state index in [1.54, 1.807) is 0 Å². The highest BCUT2D eigenvalue weighted by Gasteiger charge is 2.34. The van der Waals surface area contributed by atoms with Gasteiger partial charge in [-0.2, -0.15) is 4.39 Å². The van der Waals surface area contributed by atoms with E-state index in [9.17, 15) is 22.9 Å². The molecule has 0 spiro atoms. The smallest absolute Gasteiger partial charge is 0.304 e.